The summed E-state index contributed by atoms with van der Waals surface area (Å²) < 4.78 is 17.2. The summed E-state index contributed by atoms with van der Waals surface area (Å²) in [5, 5.41) is 9.70. The summed E-state index contributed by atoms with van der Waals surface area (Å²) in [7, 11) is 1.26. The minimum absolute atomic E-state index is 0.0256. The number of alkyl carbamates (subject to hydrolysis) is 1. The van der Waals surface area contributed by atoms with Crippen molar-refractivity contribution in [3.63, 3.8) is 0 Å². The van der Waals surface area contributed by atoms with Gasteiger partial charge in [0.2, 0.25) is 0 Å². The molecule has 2 aromatic rings. The molecule has 1 aromatic carbocycles. The maximum absolute atomic E-state index is 13.1. The van der Waals surface area contributed by atoms with Crippen LogP contribution >= 0.6 is 0 Å². The molecule has 4 N–H and O–H groups in total. The fourth-order valence-electron chi connectivity index (χ4n) is 3.64. The van der Waals surface area contributed by atoms with E-state index in [-0.39, 0.29) is 24.0 Å². The minimum atomic E-state index is -0.647. The van der Waals surface area contributed by atoms with Crippen molar-refractivity contribution < 1.29 is 28.6 Å². The third-order valence-electron chi connectivity index (χ3n) is 5.40. The van der Waals surface area contributed by atoms with Crippen molar-refractivity contribution in [1.82, 2.24) is 15.1 Å². The van der Waals surface area contributed by atoms with Crippen LogP contribution in [-0.2, 0) is 14.2 Å². The van der Waals surface area contributed by atoms with Gasteiger partial charge in [-0.3, -0.25) is 14.8 Å². The van der Waals surface area contributed by atoms with Crippen LogP contribution in [0.1, 0.15) is 66.1 Å². The molecule has 1 saturated heterocycles. The van der Waals surface area contributed by atoms with Gasteiger partial charge in [0.25, 0.3) is 5.91 Å². The Hall–Kier alpha value is -3.70. The van der Waals surface area contributed by atoms with Crippen LogP contribution in [0.2, 0.25) is 0 Å². The van der Waals surface area contributed by atoms with E-state index < -0.39 is 23.6 Å². The fraction of sp³-hybridized carbons (Fsp3) is 0.440. The van der Waals surface area contributed by atoms with Gasteiger partial charge in [0, 0.05) is 37.7 Å². The Morgan fingerprint density at radius 1 is 1.22 bits per heavy atom. The highest BCUT2D eigenvalue weighted by Gasteiger charge is 2.24. The number of nitrogens with one attached hydrogen (secondary N) is 2. The lowest BCUT2D eigenvalue weighted by atomic mass is 10.0. The smallest absolute Gasteiger partial charge is 0.411 e. The topological polar surface area (TPSA) is 147 Å². The number of methoxy groups -OCH3 is 1. The molecule has 11 nitrogen and oxygen atoms in total. The number of rotatable bonds is 7. The fourth-order valence-corrected chi connectivity index (χ4v) is 3.64. The van der Waals surface area contributed by atoms with Gasteiger partial charge in [-0.2, -0.15) is 5.10 Å². The van der Waals surface area contributed by atoms with Gasteiger partial charge < -0.3 is 25.3 Å². The van der Waals surface area contributed by atoms with Gasteiger partial charge in [-0.25, -0.2) is 9.59 Å². The second-order valence-electron chi connectivity index (χ2n) is 9.26. The molecular formula is C25H33N5O6. The van der Waals surface area contributed by atoms with E-state index in [0.717, 1.165) is 12.8 Å². The summed E-state index contributed by atoms with van der Waals surface area (Å²) in [5.74, 6) is -1.09. The Morgan fingerprint density at radius 3 is 2.56 bits per heavy atom. The van der Waals surface area contributed by atoms with Crippen LogP contribution in [0.25, 0.3) is 5.57 Å². The Morgan fingerprint density at radius 2 is 1.92 bits per heavy atom. The molecule has 0 spiro atoms. The molecule has 2 heterocycles. The lowest BCUT2D eigenvalue weighted by Crippen LogP contribution is -2.30. The molecule has 0 radical (unpaired) electrons. The zero-order chi connectivity index (χ0) is 26.3. The van der Waals surface area contributed by atoms with Crippen molar-refractivity contribution in [1.29, 1.82) is 0 Å². The van der Waals surface area contributed by atoms with Gasteiger partial charge >= 0.3 is 12.1 Å². The predicted octanol–water partition coefficient (Wildman–Crippen LogP) is 3.10. The first-order chi connectivity index (χ1) is 17.1. The molecule has 2 amide bonds. The lowest BCUT2D eigenvalue weighted by Gasteiger charge is -2.22. The number of nitrogens with two attached hydrogens (primary N) is 1. The van der Waals surface area contributed by atoms with E-state index in [0.29, 0.717) is 29.9 Å². The van der Waals surface area contributed by atoms with Crippen LogP contribution in [0, 0.1) is 0 Å². The maximum Gasteiger partial charge on any atom is 0.411 e. The Labute approximate surface area is 210 Å². The third-order valence-corrected chi connectivity index (χ3v) is 5.40. The first kappa shape index (κ1) is 26.9. The van der Waals surface area contributed by atoms with Crippen LogP contribution in [0.4, 0.5) is 10.5 Å². The first-order valence-electron chi connectivity index (χ1n) is 11.7. The van der Waals surface area contributed by atoms with E-state index in [1.165, 1.54) is 13.3 Å². The molecule has 0 aliphatic carbocycles. The largest absolute Gasteiger partial charge is 0.464 e. The normalized spacial score (nSPS) is 14.8. The summed E-state index contributed by atoms with van der Waals surface area (Å²) in [6, 6.07) is 6.81. The van der Waals surface area contributed by atoms with Gasteiger partial charge in [0.1, 0.15) is 5.60 Å². The molecule has 1 aliphatic rings. The number of benzene rings is 1. The molecule has 1 aliphatic heterocycles. The third kappa shape index (κ3) is 7.15. The molecule has 0 saturated carbocycles. The molecular weight excluding hydrogens is 466 g/mol. The molecule has 3 rings (SSSR count). The summed E-state index contributed by atoms with van der Waals surface area (Å²) in [5.41, 5.74) is 7.09. The number of amides is 2. The molecule has 0 unspecified atom stereocenters. The quantitative estimate of drug-likeness (QED) is 0.493. The SMILES string of the molecule is COC(=O)c1nn(C2CCOCC2)cc1NC(=O)c1cccc(/C(=C/NC(=O)OC(C)(C)C)CN)c1. The van der Waals surface area contributed by atoms with Gasteiger partial charge in [0.15, 0.2) is 5.69 Å². The van der Waals surface area contributed by atoms with Crippen LogP contribution in [0.3, 0.4) is 0 Å². The number of carbonyl (C=O) groups excluding carboxylic acids is 3. The maximum atomic E-state index is 13.1. The number of anilines is 1. The Bertz CT molecular complexity index is 1130. The van der Waals surface area contributed by atoms with E-state index >= 15 is 0 Å². The zero-order valence-electron chi connectivity index (χ0n) is 21.0. The van der Waals surface area contributed by atoms with Gasteiger partial charge in [-0.05, 0) is 56.9 Å². The van der Waals surface area contributed by atoms with Crippen molar-refractivity contribution in [2.24, 2.45) is 5.73 Å². The number of ether oxygens (including phenoxy) is 3. The number of nitrogens with zero attached hydrogens (tertiary/aromatic N) is 2. The number of esters is 1. The Balaban J connectivity index is 1.79. The molecule has 0 atom stereocenters. The highest BCUT2D eigenvalue weighted by atomic mass is 16.6. The Kier molecular flexibility index (Phi) is 8.83. The monoisotopic (exact) mass is 499 g/mol. The van der Waals surface area contributed by atoms with E-state index in [4.69, 9.17) is 19.9 Å². The van der Waals surface area contributed by atoms with Crippen molar-refractivity contribution in [2.45, 2.75) is 45.3 Å². The van der Waals surface area contributed by atoms with Crippen LogP contribution in [0.5, 0.6) is 0 Å². The second kappa shape index (κ2) is 11.8. The highest BCUT2D eigenvalue weighted by molar-refractivity contribution is 6.07. The van der Waals surface area contributed by atoms with Gasteiger partial charge in [-0.1, -0.05) is 12.1 Å². The van der Waals surface area contributed by atoms with Gasteiger partial charge in [-0.15, -0.1) is 0 Å². The van der Waals surface area contributed by atoms with Crippen molar-refractivity contribution in [2.75, 3.05) is 32.2 Å². The van der Waals surface area contributed by atoms with Crippen molar-refractivity contribution in [3.05, 3.63) is 53.5 Å². The number of carbonyl (C=O) groups is 3. The highest BCUT2D eigenvalue weighted by Crippen LogP contribution is 2.25. The standard InChI is InChI=1S/C25H33N5O6/c1-25(2,3)36-24(33)27-14-18(13-26)16-6-5-7-17(12-16)22(31)28-20-15-30(19-8-10-35-11-9-19)29-21(20)23(32)34-4/h5-7,12,14-15,19H,8-11,13,26H2,1-4H3,(H,27,33)(H,28,31)/b18-14+. The number of hydrogen-bond donors (Lipinski definition) is 3. The molecule has 1 aromatic heterocycles. The van der Waals surface area contributed by atoms with E-state index in [1.807, 2.05) is 0 Å². The predicted molar refractivity (Wildman–Crippen MR) is 133 cm³/mol. The molecule has 36 heavy (non-hydrogen) atoms. The average Bonchev–Trinajstić information content (AvgIpc) is 3.27. The summed E-state index contributed by atoms with van der Waals surface area (Å²) in [6.07, 6.45) is 3.99. The second-order valence-corrected chi connectivity index (χ2v) is 9.26. The summed E-state index contributed by atoms with van der Waals surface area (Å²) in [4.78, 5) is 37.4. The van der Waals surface area contributed by atoms with E-state index in [2.05, 4.69) is 15.7 Å². The van der Waals surface area contributed by atoms with Crippen LogP contribution in [-0.4, -0.2) is 60.2 Å². The van der Waals surface area contributed by atoms with Gasteiger partial charge in [0.05, 0.1) is 18.8 Å². The van der Waals surface area contributed by atoms with Crippen molar-refractivity contribution >= 4 is 29.2 Å². The average molecular weight is 500 g/mol. The summed E-state index contributed by atoms with van der Waals surface area (Å²) >= 11 is 0. The van der Waals surface area contributed by atoms with Crippen LogP contribution < -0.4 is 16.4 Å². The number of hydrogen-bond acceptors (Lipinski definition) is 8. The molecule has 11 heteroatoms. The summed E-state index contributed by atoms with van der Waals surface area (Å²) in [6.45, 7) is 6.62. The molecule has 0 bridgehead atoms. The van der Waals surface area contributed by atoms with Crippen molar-refractivity contribution in [3.8, 4) is 0 Å². The minimum Gasteiger partial charge on any atom is -0.464 e. The van der Waals surface area contributed by atoms with E-state index in [1.54, 1.807) is 55.9 Å². The van der Waals surface area contributed by atoms with E-state index in [9.17, 15) is 14.4 Å². The molecule has 194 valence electrons. The lowest BCUT2D eigenvalue weighted by molar-refractivity contribution is 0.0549. The zero-order valence-corrected chi connectivity index (χ0v) is 21.0. The molecule has 1 fully saturated rings. The first-order valence-corrected chi connectivity index (χ1v) is 11.7. The van der Waals surface area contributed by atoms with Crippen LogP contribution in [0.15, 0.2) is 36.7 Å². The number of aromatic nitrogens is 2.